The van der Waals surface area contributed by atoms with Crippen LogP contribution in [-0.4, -0.2) is 48.3 Å². The minimum Gasteiger partial charge on any atom is -0.480 e. The average Bonchev–Trinajstić information content (AvgIpc) is 2.81. The summed E-state index contributed by atoms with van der Waals surface area (Å²) < 4.78 is 9.77. The van der Waals surface area contributed by atoms with E-state index in [1.807, 2.05) is 0 Å². The number of carboxylic acids is 1. The summed E-state index contributed by atoms with van der Waals surface area (Å²) in [6, 6.07) is -1.28. The zero-order valence-corrected chi connectivity index (χ0v) is 10.2. The van der Waals surface area contributed by atoms with Gasteiger partial charge in [0.2, 0.25) is 5.91 Å². The van der Waals surface area contributed by atoms with Crippen LogP contribution in [0, 0.1) is 0 Å². The molecule has 0 aromatic rings. The maximum Gasteiger partial charge on any atom is 0.326 e. The van der Waals surface area contributed by atoms with Gasteiger partial charge in [-0.25, -0.2) is 4.79 Å². The third kappa shape index (κ3) is 4.33. The van der Waals surface area contributed by atoms with Gasteiger partial charge in [-0.2, -0.15) is 0 Å². The van der Waals surface area contributed by atoms with Crippen LogP contribution in [0.2, 0.25) is 0 Å². The number of aliphatic carboxylic acids is 1. The Labute approximate surface area is 104 Å². The van der Waals surface area contributed by atoms with Gasteiger partial charge in [0.05, 0.1) is 13.0 Å². The second kappa shape index (κ2) is 6.95. The van der Waals surface area contributed by atoms with Crippen LogP contribution in [0.5, 0.6) is 0 Å². The van der Waals surface area contributed by atoms with E-state index in [2.05, 4.69) is 10.1 Å². The number of ether oxygens (including phenoxy) is 2. The zero-order chi connectivity index (χ0) is 13.5. The molecule has 1 amide bonds. The van der Waals surface area contributed by atoms with Gasteiger partial charge in [-0.3, -0.25) is 9.59 Å². The minimum absolute atomic E-state index is 0.171. The number of esters is 1. The number of carbonyl (C=O) groups excluding carboxylic acids is 2. The van der Waals surface area contributed by atoms with Crippen molar-refractivity contribution in [1.82, 2.24) is 5.32 Å². The highest BCUT2D eigenvalue weighted by molar-refractivity contribution is 5.89. The molecular weight excluding hydrogens is 242 g/mol. The van der Waals surface area contributed by atoms with Gasteiger partial charge >= 0.3 is 11.9 Å². The average molecular weight is 259 g/mol. The predicted molar refractivity (Wildman–Crippen MR) is 59.8 cm³/mol. The van der Waals surface area contributed by atoms with Crippen LogP contribution in [0.25, 0.3) is 0 Å². The summed E-state index contributed by atoms with van der Waals surface area (Å²) in [6.45, 7) is 2.29. The maximum atomic E-state index is 11.6. The van der Waals surface area contributed by atoms with Crippen LogP contribution in [0.15, 0.2) is 0 Å². The molecule has 102 valence electrons. The molecule has 1 aliphatic heterocycles. The Morgan fingerprint density at radius 1 is 1.50 bits per heavy atom. The number of nitrogens with one attached hydrogen (secondary N) is 1. The van der Waals surface area contributed by atoms with E-state index in [4.69, 9.17) is 9.84 Å². The van der Waals surface area contributed by atoms with Crippen LogP contribution in [-0.2, 0) is 23.9 Å². The molecule has 2 atom stereocenters. The monoisotopic (exact) mass is 259 g/mol. The molecule has 1 aliphatic rings. The second-order valence-corrected chi connectivity index (χ2v) is 3.91. The van der Waals surface area contributed by atoms with Gasteiger partial charge in [0, 0.05) is 6.61 Å². The van der Waals surface area contributed by atoms with Crippen molar-refractivity contribution in [3.05, 3.63) is 0 Å². The van der Waals surface area contributed by atoms with Crippen LogP contribution < -0.4 is 5.32 Å². The molecule has 0 bridgehead atoms. The highest BCUT2D eigenvalue weighted by Crippen LogP contribution is 2.12. The van der Waals surface area contributed by atoms with Crippen molar-refractivity contribution >= 4 is 17.8 Å². The fourth-order valence-corrected chi connectivity index (χ4v) is 1.64. The maximum absolute atomic E-state index is 11.6. The molecule has 2 N–H and O–H groups in total. The minimum atomic E-state index is -1.28. The van der Waals surface area contributed by atoms with E-state index in [0.29, 0.717) is 13.0 Å². The lowest BCUT2D eigenvalue weighted by Gasteiger charge is -2.16. The molecule has 0 spiro atoms. The van der Waals surface area contributed by atoms with Gasteiger partial charge in [-0.1, -0.05) is 0 Å². The van der Waals surface area contributed by atoms with Gasteiger partial charge in [-0.05, 0) is 19.8 Å². The standard InChI is InChI=1S/C11H17NO6/c1-2-17-9(13)6-7(11(15)16)12-10(14)8-4-3-5-18-8/h7-8H,2-6H2,1H3,(H,12,14)(H,15,16)/t7-,8-/m1/s1. The first-order chi connectivity index (χ1) is 8.54. The Bertz CT molecular complexity index is 323. The van der Waals surface area contributed by atoms with Gasteiger partial charge in [0.15, 0.2) is 0 Å². The van der Waals surface area contributed by atoms with Gasteiger partial charge in [0.25, 0.3) is 0 Å². The number of hydrogen-bond donors (Lipinski definition) is 2. The van der Waals surface area contributed by atoms with Crippen LogP contribution in [0.3, 0.4) is 0 Å². The highest BCUT2D eigenvalue weighted by atomic mass is 16.5. The van der Waals surface area contributed by atoms with Gasteiger partial charge in [0.1, 0.15) is 12.1 Å². The highest BCUT2D eigenvalue weighted by Gasteiger charge is 2.29. The summed E-state index contributed by atoms with van der Waals surface area (Å²) in [5.41, 5.74) is 0. The molecule has 1 rings (SSSR count). The van der Waals surface area contributed by atoms with Crippen molar-refractivity contribution in [2.24, 2.45) is 0 Å². The van der Waals surface area contributed by atoms with Crippen molar-refractivity contribution in [1.29, 1.82) is 0 Å². The fraction of sp³-hybridized carbons (Fsp3) is 0.727. The normalized spacial score (nSPS) is 20.2. The summed E-state index contributed by atoms with van der Waals surface area (Å²) in [7, 11) is 0. The van der Waals surface area contributed by atoms with Crippen molar-refractivity contribution in [2.75, 3.05) is 13.2 Å². The molecule has 0 radical (unpaired) electrons. The molecule has 0 unspecified atom stereocenters. The third-order valence-electron chi connectivity index (χ3n) is 2.51. The van der Waals surface area contributed by atoms with Crippen LogP contribution in [0.4, 0.5) is 0 Å². The van der Waals surface area contributed by atoms with Crippen LogP contribution >= 0.6 is 0 Å². The zero-order valence-electron chi connectivity index (χ0n) is 10.2. The molecule has 1 fully saturated rings. The van der Waals surface area contributed by atoms with Crippen LogP contribution in [0.1, 0.15) is 26.2 Å². The number of hydrogen-bond acceptors (Lipinski definition) is 5. The molecule has 7 heteroatoms. The first kappa shape index (κ1) is 14.4. The number of rotatable bonds is 6. The van der Waals surface area contributed by atoms with Gasteiger partial charge < -0.3 is 19.9 Å². The Morgan fingerprint density at radius 2 is 2.22 bits per heavy atom. The van der Waals surface area contributed by atoms with E-state index < -0.39 is 30.0 Å². The number of carboxylic acid groups (broad SMARTS) is 1. The van der Waals surface area contributed by atoms with E-state index in [1.54, 1.807) is 6.92 Å². The van der Waals surface area contributed by atoms with Crippen molar-refractivity contribution in [2.45, 2.75) is 38.3 Å². The summed E-state index contributed by atoms with van der Waals surface area (Å²) in [4.78, 5) is 33.8. The van der Waals surface area contributed by atoms with Crippen molar-refractivity contribution < 1.29 is 29.0 Å². The lowest BCUT2D eigenvalue weighted by molar-refractivity contribution is -0.150. The second-order valence-electron chi connectivity index (χ2n) is 3.91. The molecule has 1 heterocycles. The topological polar surface area (TPSA) is 102 Å². The van der Waals surface area contributed by atoms with Crippen molar-refractivity contribution in [3.8, 4) is 0 Å². The largest absolute Gasteiger partial charge is 0.480 e. The fourth-order valence-electron chi connectivity index (χ4n) is 1.64. The molecule has 0 aromatic heterocycles. The smallest absolute Gasteiger partial charge is 0.326 e. The molecule has 0 aliphatic carbocycles. The molecule has 18 heavy (non-hydrogen) atoms. The SMILES string of the molecule is CCOC(=O)C[C@@H](NC(=O)[C@H]1CCCO1)C(=O)O. The summed E-state index contributed by atoms with van der Waals surface area (Å²) in [5.74, 6) is -2.42. The van der Waals surface area contributed by atoms with E-state index in [1.165, 1.54) is 0 Å². The Kier molecular flexibility index (Phi) is 5.57. The number of carbonyl (C=O) groups is 3. The summed E-state index contributed by atoms with van der Waals surface area (Å²) >= 11 is 0. The molecule has 7 nitrogen and oxygen atoms in total. The van der Waals surface area contributed by atoms with E-state index in [-0.39, 0.29) is 13.0 Å². The predicted octanol–water partition coefficient (Wildman–Crippen LogP) is -0.312. The lowest BCUT2D eigenvalue weighted by Crippen LogP contribution is -2.46. The molecule has 0 aromatic carbocycles. The first-order valence-corrected chi connectivity index (χ1v) is 5.85. The van der Waals surface area contributed by atoms with E-state index in [9.17, 15) is 14.4 Å². The first-order valence-electron chi connectivity index (χ1n) is 5.85. The van der Waals surface area contributed by atoms with E-state index in [0.717, 1.165) is 6.42 Å². The summed E-state index contributed by atoms with van der Waals surface area (Å²) in [6.07, 6.45) is 0.335. The van der Waals surface area contributed by atoms with Crippen molar-refractivity contribution in [3.63, 3.8) is 0 Å². The van der Waals surface area contributed by atoms with Gasteiger partial charge in [-0.15, -0.1) is 0 Å². The Balaban J connectivity index is 2.49. The molecule has 0 saturated carbocycles. The molecular formula is C11H17NO6. The quantitative estimate of drug-likeness (QED) is 0.634. The molecule has 1 saturated heterocycles. The summed E-state index contributed by atoms with van der Waals surface area (Å²) in [5, 5.41) is 11.2. The van der Waals surface area contributed by atoms with E-state index >= 15 is 0 Å². The third-order valence-corrected chi connectivity index (χ3v) is 2.51. The Morgan fingerprint density at radius 3 is 2.72 bits per heavy atom. The number of amides is 1. The Hall–Kier alpha value is -1.63. The lowest BCUT2D eigenvalue weighted by atomic mass is 10.1.